The van der Waals surface area contributed by atoms with Crippen LogP contribution in [0.2, 0.25) is 10.0 Å². The second-order valence-corrected chi connectivity index (χ2v) is 7.08. The zero-order chi connectivity index (χ0) is 20.1. The molecule has 9 heteroatoms. The van der Waals surface area contributed by atoms with Crippen molar-refractivity contribution in [3.8, 4) is 0 Å². The van der Waals surface area contributed by atoms with Gasteiger partial charge in [-0.2, -0.15) is 0 Å². The van der Waals surface area contributed by atoms with Gasteiger partial charge >= 0.3 is 6.03 Å². The van der Waals surface area contributed by atoms with Gasteiger partial charge in [0.1, 0.15) is 6.04 Å². The van der Waals surface area contributed by atoms with Crippen molar-refractivity contribution in [1.82, 2.24) is 10.2 Å². The molecule has 0 aliphatic carbocycles. The van der Waals surface area contributed by atoms with Crippen molar-refractivity contribution in [2.24, 2.45) is 0 Å². The second kappa shape index (κ2) is 8.95. The molecular weight excluding hydrogens is 403 g/mol. The quantitative estimate of drug-likeness (QED) is 0.707. The average Bonchev–Trinajstić information content (AvgIpc) is 2.63. The van der Waals surface area contributed by atoms with Crippen molar-refractivity contribution in [1.29, 1.82) is 0 Å². The van der Waals surface area contributed by atoms with E-state index in [2.05, 4.69) is 16.0 Å². The summed E-state index contributed by atoms with van der Waals surface area (Å²) in [4.78, 5) is 38.7. The van der Waals surface area contributed by atoms with Crippen LogP contribution in [-0.2, 0) is 9.59 Å². The number of piperazine rings is 1. The summed E-state index contributed by atoms with van der Waals surface area (Å²) in [6, 6.07) is 12.2. The summed E-state index contributed by atoms with van der Waals surface area (Å²) in [7, 11) is 0. The van der Waals surface area contributed by atoms with Crippen molar-refractivity contribution in [2.45, 2.75) is 12.5 Å². The SMILES string of the molecule is O=C(CC1C(=O)NCCN1C(=O)Nc1ccccc1)Nc1cc(Cl)cc(Cl)c1. The lowest BCUT2D eigenvalue weighted by atomic mass is 10.1. The minimum Gasteiger partial charge on any atom is -0.353 e. The number of hydrogen-bond donors (Lipinski definition) is 3. The standard InChI is InChI=1S/C19H18Cl2N4O3/c20-12-8-13(21)10-15(9-12)23-17(26)11-16-18(27)22-6-7-25(16)19(28)24-14-4-2-1-3-5-14/h1-5,8-10,16H,6-7,11H2,(H,22,27)(H,23,26)(H,24,28). The Kier molecular flexibility index (Phi) is 6.38. The third-order valence-corrected chi connectivity index (χ3v) is 4.58. The molecule has 1 aliphatic rings. The maximum Gasteiger partial charge on any atom is 0.322 e. The molecule has 2 aromatic rings. The second-order valence-electron chi connectivity index (χ2n) is 6.21. The van der Waals surface area contributed by atoms with Crippen LogP contribution in [0.4, 0.5) is 16.2 Å². The summed E-state index contributed by atoms with van der Waals surface area (Å²) in [5.74, 6) is -0.813. The van der Waals surface area contributed by atoms with E-state index in [1.807, 2.05) is 6.07 Å². The molecule has 146 valence electrons. The lowest BCUT2D eigenvalue weighted by Crippen LogP contribution is -2.59. The van der Waals surface area contributed by atoms with Crippen LogP contribution >= 0.6 is 23.2 Å². The van der Waals surface area contributed by atoms with Gasteiger partial charge in [-0.1, -0.05) is 41.4 Å². The minimum atomic E-state index is -0.924. The molecule has 1 fully saturated rings. The maximum absolute atomic E-state index is 12.6. The Hall–Kier alpha value is -2.77. The van der Waals surface area contributed by atoms with Crippen LogP contribution in [0.5, 0.6) is 0 Å². The number of hydrogen-bond acceptors (Lipinski definition) is 3. The number of benzene rings is 2. The van der Waals surface area contributed by atoms with Crippen LogP contribution in [0, 0.1) is 0 Å². The van der Waals surface area contributed by atoms with Crippen LogP contribution in [-0.4, -0.2) is 41.9 Å². The van der Waals surface area contributed by atoms with Gasteiger partial charge in [0.2, 0.25) is 11.8 Å². The lowest BCUT2D eigenvalue weighted by molar-refractivity contribution is -0.130. The third kappa shape index (κ3) is 5.15. The Labute approximate surface area is 172 Å². The first kappa shape index (κ1) is 20.0. The molecule has 1 heterocycles. The van der Waals surface area contributed by atoms with Crippen molar-refractivity contribution in [2.75, 3.05) is 23.7 Å². The number of anilines is 2. The average molecular weight is 421 g/mol. The number of nitrogens with one attached hydrogen (secondary N) is 3. The Morgan fingerprint density at radius 2 is 1.71 bits per heavy atom. The van der Waals surface area contributed by atoms with Crippen molar-refractivity contribution < 1.29 is 14.4 Å². The van der Waals surface area contributed by atoms with Crippen LogP contribution in [0.1, 0.15) is 6.42 Å². The van der Waals surface area contributed by atoms with Crippen LogP contribution in [0.15, 0.2) is 48.5 Å². The molecule has 0 spiro atoms. The fourth-order valence-electron chi connectivity index (χ4n) is 2.89. The molecule has 3 rings (SSSR count). The first-order valence-electron chi connectivity index (χ1n) is 8.59. The van der Waals surface area contributed by atoms with E-state index >= 15 is 0 Å². The van der Waals surface area contributed by atoms with Crippen LogP contribution in [0.25, 0.3) is 0 Å². The Morgan fingerprint density at radius 3 is 2.39 bits per heavy atom. The van der Waals surface area contributed by atoms with Crippen LogP contribution < -0.4 is 16.0 Å². The van der Waals surface area contributed by atoms with E-state index in [0.29, 0.717) is 34.5 Å². The highest BCUT2D eigenvalue weighted by molar-refractivity contribution is 6.35. The van der Waals surface area contributed by atoms with E-state index in [9.17, 15) is 14.4 Å². The maximum atomic E-state index is 12.6. The first-order valence-corrected chi connectivity index (χ1v) is 9.34. The predicted molar refractivity (Wildman–Crippen MR) is 109 cm³/mol. The highest BCUT2D eigenvalue weighted by Crippen LogP contribution is 2.23. The molecule has 0 radical (unpaired) electrons. The van der Waals surface area contributed by atoms with Gasteiger partial charge in [-0.05, 0) is 30.3 Å². The van der Waals surface area contributed by atoms with E-state index < -0.39 is 18.0 Å². The van der Waals surface area contributed by atoms with E-state index in [0.717, 1.165) is 0 Å². The number of halogens is 2. The highest BCUT2D eigenvalue weighted by atomic mass is 35.5. The van der Waals surface area contributed by atoms with Gasteiger partial charge in [-0.15, -0.1) is 0 Å². The molecule has 28 heavy (non-hydrogen) atoms. The molecule has 0 bridgehead atoms. The van der Waals surface area contributed by atoms with E-state index in [-0.39, 0.29) is 12.3 Å². The third-order valence-electron chi connectivity index (χ3n) is 4.14. The number of carbonyl (C=O) groups is 3. The molecule has 4 amide bonds. The van der Waals surface area contributed by atoms with Gasteiger partial charge in [-0.3, -0.25) is 9.59 Å². The fraction of sp³-hybridized carbons (Fsp3) is 0.211. The number of carbonyl (C=O) groups excluding carboxylic acids is 3. The molecule has 3 N–H and O–H groups in total. The molecule has 1 unspecified atom stereocenters. The largest absolute Gasteiger partial charge is 0.353 e. The summed E-state index contributed by atoms with van der Waals surface area (Å²) in [6.07, 6.45) is -0.196. The monoisotopic (exact) mass is 420 g/mol. The van der Waals surface area contributed by atoms with Gasteiger partial charge in [-0.25, -0.2) is 4.79 Å². The number of para-hydroxylation sites is 1. The molecule has 1 atom stereocenters. The van der Waals surface area contributed by atoms with E-state index in [1.165, 1.54) is 4.90 Å². The van der Waals surface area contributed by atoms with Crippen molar-refractivity contribution in [3.63, 3.8) is 0 Å². The summed E-state index contributed by atoms with van der Waals surface area (Å²) < 4.78 is 0. The summed E-state index contributed by atoms with van der Waals surface area (Å²) in [5, 5.41) is 8.83. The zero-order valence-corrected chi connectivity index (χ0v) is 16.3. The van der Waals surface area contributed by atoms with Crippen molar-refractivity contribution >= 4 is 52.4 Å². The van der Waals surface area contributed by atoms with Gasteiger partial charge in [0.05, 0.1) is 6.42 Å². The molecule has 7 nitrogen and oxygen atoms in total. The lowest BCUT2D eigenvalue weighted by Gasteiger charge is -2.34. The normalized spacial score (nSPS) is 16.3. The molecule has 2 aromatic carbocycles. The number of nitrogens with zero attached hydrogens (tertiary/aromatic N) is 1. The van der Waals surface area contributed by atoms with Gasteiger partial charge in [0, 0.05) is 34.5 Å². The fourth-order valence-corrected chi connectivity index (χ4v) is 3.42. The highest BCUT2D eigenvalue weighted by Gasteiger charge is 2.34. The topological polar surface area (TPSA) is 90.5 Å². The summed E-state index contributed by atoms with van der Waals surface area (Å²) in [6.45, 7) is 0.619. The zero-order valence-electron chi connectivity index (χ0n) is 14.7. The summed E-state index contributed by atoms with van der Waals surface area (Å²) >= 11 is 11.9. The van der Waals surface area contributed by atoms with Gasteiger partial charge in [0.25, 0.3) is 0 Å². The number of amides is 4. The minimum absolute atomic E-state index is 0.196. The molecule has 0 saturated carbocycles. The molecule has 1 saturated heterocycles. The smallest absolute Gasteiger partial charge is 0.322 e. The van der Waals surface area contributed by atoms with E-state index in [1.54, 1.807) is 42.5 Å². The van der Waals surface area contributed by atoms with Crippen molar-refractivity contribution in [3.05, 3.63) is 58.6 Å². The van der Waals surface area contributed by atoms with Crippen LogP contribution in [0.3, 0.4) is 0 Å². The van der Waals surface area contributed by atoms with Gasteiger partial charge < -0.3 is 20.9 Å². The van der Waals surface area contributed by atoms with Gasteiger partial charge in [0.15, 0.2) is 0 Å². The molecule has 1 aliphatic heterocycles. The van der Waals surface area contributed by atoms with E-state index in [4.69, 9.17) is 23.2 Å². The number of urea groups is 1. The Bertz CT molecular complexity index is 872. The molecule has 0 aromatic heterocycles. The predicted octanol–water partition coefficient (Wildman–Crippen LogP) is 3.35. The summed E-state index contributed by atoms with van der Waals surface area (Å²) in [5.41, 5.74) is 1.02. The Morgan fingerprint density at radius 1 is 1.04 bits per heavy atom. The molecular formula is C19H18Cl2N4O3. The first-order chi connectivity index (χ1) is 13.4. The number of rotatable bonds is 4. The Balaban J connectivity index is 1.68.